The van der Waals surface area contributed by atoms with Gasteiger partial charge in [0.15, 0.2) is 9.84 Å². The van der Waals surface area contributed by atoms with Gasteiger partial charge in [-0.3, -0.25) is 0 Å². The largest absolute Gasteiger partial charge is 0.399 e. The van der Waals surface area contributed by atoms with Crippen molar-refractivity contribution >= 4 is 27.1 Å². The van der Waals surface area contributed by atoms with Crippen molar-refractivity contribution in [2.24, 2.45) is 0 Å². The molecule has 2 N–H and O–H groups in total. The minimum atomic E-state index is -3.47. The number of nitrogens with zero attached hydrogens (tertiary/aromatic N) is 1. The molecule has 0 saturated carbocycles. The Morgan fingerprint density at radius 2 is 2.26 bits per heavy atom. The van der Waals surface area contributed by atoms with Gasteiger partial charge in [-0.1, -0.05) is 11.6 Å². The Morgan fingerprint density at radius 3 is 2.89 bits per heavy atom. The number of benzene rings is 1. The summed E-state index contributed by atoms with van der Waals surface area (Å²) in [5.74, 6) is -0.0685. The molecular weight excluding hydrogens is 288 g/mol. The van der Waals surface area contributed by atoms with Crippen LogP contribution in [0.5, 0.6) is 0 Å². The van der Waals surface area contributed by atoms with Gasteiger partial charge in [-0.15, -0.1) is 0 Å². The van der Waals surface area contributed by atoms with E-state index in [4.69, 9.17) is 22.1 Å². The number of hydrogen-bond donors (Lipinski definition) is 1. The molecule has 1 fully saturated rings. The lowest BCUT2D eigenvalue weighted by Gasteiger charge is -2.29. The minimum Gasteiger partial charge on any atom is -0.399 e. The molecule has 1 aliphatic heterocycles. The molecule has 1 saturated heterocycles. The van der Waals surface area contributed by atoms with Gasteiger partial charge in [0.25, 0.3) is 0 Å². The number of nitrogens with two attached hydrogens (primary N) is 1. The molecule has 1 heterocycles. The van der Waals surface area contributed by atoms with Crippen LogP contribution in [0.1, 0.15) is 0 Å². The molecule has 1 unspecified atom stereocenters. The van der Waals surface area contributed by atoms with E-state index in [1.165, 1.54) is 18.2 Å². The molecule has 0 bridgehead atoms. The van der Waals surface area contributed by atoms with E-state index >= 15 is 0 Å². The van der Waals surface area contributed by atoms with Crippen LogP contribution in [-0.2, 0) is 14.6 Å². The summed E-state index contributed by atoms with van der Waals surface area (Å²) in [6, 6.07) is 4.43. The molecule has 1 aliphatic rings. The summed E-state index contributed by atoms with van der Waals surface area (Å²) in [5, 5.41) is 0.157. The summed E-state index contributed by atoms with van der Waals surface area (Å²) in [4.78, 5) is 2.16. The van der Waals surface area contributed by atoms with Crippen LogP contribution in [-0.4, -0.2) is 51.9 Å². The lowest BCUT2D eigenvalue weighted by atomic mass is 10.3. The third-order valence-electron chi connectivity index (χ3n) is 3.04. The fourth-order valence-electron chi connectivity index (χ4n) is 2.07. The normalized spacial score (nSPS) is 21.5. The van der Waals surface area contributed by atoms with Crippen molar-refractivity contribution in [3.63, 3.8) is 0 Å². The molecule has 1 aromatic carbocycles. The van der Waals surface area contributed by atoms with Crippen molar-refractivity contribution in [3.05, 3.63) is 23.2 Å². The van der Waals surface area contributed by atoms with Crippen LogP contribution in [0, 0.1) is 0 Å². The Kier molecular flexibility index (Phi) is 4.35. The minimum absolute atomic E-state index is 0.0685. The lowest BCUT2D eigenvalue weighted by Crippen LogP contribution is -2.43. The van der Waals surface area contributed by atoms with Gasteiger partial charge in [-0.05, 0) is 25.2 Å². The van der Waals surface area contributed by atoms with Gasteiger partial charge in [0.1, 0.15) is 0 Å². The zero-order valence-electron chi connectivity index (χ0n) is 10.7. The van der Waals surface area contributed by atoms with E-state index in [0.29, 0.717) is 18.8 Å². The Balaban J connectivity index is 2.18. The fraction of sp³-hybridized carbons (Fsp3) is 0.500. The van der Waals surface area contributed by atoms with E-state index < -0.39 is 9.84 Å². The van der Waals surface area contributed by atoms with E-state index in [0.717, 1.165) is 6.54 Å². The number of likely N-dealkylation sites (N-methyl/N-ethyl adjacent to an activating group) is 1. The summed E-state index contributed by atoms with van der Waals surface area (Å²) >= 11 is 5.95. The van der Waals surface area contributed by atoms with Crippen LogP contribution >= 0.6 is 11.6 Å². The van der Waals surface area contributed by atoms with E-state index in [1.54, 1.807) is 0 Å². The van der Waals surface area contributed by atoms with Gasteiger partial charge in [0.2, 0.25) is 0 Å². The second-order valence-corrected chi connectivity index (χ2v) is 7.14. The predicted octanol–water partition coefficient (Wildman–Crippen LogP) is 1.03. The van der Waals surface area contributed by atoms with Gasteiger partial charge < -0.3 is 15.4 Å². The first kappa shape index (κ1) is 14.6. The summed E-state index contributed by atoms with van der Waals surface area (Å²) in [5.41, 5.74) is 6.00. The smallest absolute Gasteiger partial charge is 0.182 e. The molecule has 0 amide bonds. The van der Waals surface area contributed by atoms with Gasteiger partial charge in [0, 0.05) is 18.8 Å². The number of morpholine rings is 1. The van der Waals surface area contributed by atoms with E-state index in [1.807, 2.05) is 11.9 Å². The SMILES string of the molecule is CN1CCOC(CS(=O)(=O)c2ccc(N)cc2Cl)C1. The second kappa shape index (κ2) is 5.66. The molecule has 0 aromatic heterocycles. The quantitative estimate of drug-likeness (QED) is 0.844. The third kappa shape index (κ3) is 3.60. The van der Waals surface area contributed by atoms with Gasteiger partial charge in [0.05, 0.1) is 28.4 Å². The van der Waals surface area contributed by atoms with Gasteiger partial charge >= 0.3 is 0 Å². The predicted molar refractivity (Wildman–Crippen MR) is 75.2 cm³/mol. The standard InChI is InChI=1S/C12H17ClN2O3S/c1-15-4-5-18-10(7-15)8-19(16,17)12-3-2-9(14)6-11(12)13/h2-3,6,10H,4-5,7-8,14H2,1H3. The van der Waals surface area contributed by atoms with Crippen molar-refractivity contribution in [1.82, 2.24) is 4.90 Å². The Bertz CT molecular complexity index is 562. The van der Waals surface area contributed by atoms with Crippen LogP contribution in [0.15, 0.2) is 23.1 Å². The zero-order chi connectivity index (χ0) is 14.0. The highest BCUT2D eigenvalue weighted by atomic mass is 35.5. The monoisotopic (exact) mass is 304 g/mol. The first-order valence-electron chi connectivity index (χ1n) is 5.96. The van der Waals surface area contributed by atoms with E-state index in [2.05, 4.69) is 0 Å². The Labute approximate surface area is 118 Å². The summed E-state index contributed by atoms with van der Waals surface area (Å²) in [6.45, 7) is 1.97. The Morgan fingerprint density at radius 1 is 1.53 bits per heavy atom. The maximum absolute atomic E-state index is 12.3. The van der Waals surface area contributed by atoms with Crippen LogP contribution < -0.4 is 5.73 Å². The van der Waals surface area contributed by atoms with Gasteiger partial charge in [-0.2, -0.15) is 0 Å². The number of sulfone groups is 1. The number of ether oxygens (including phenoxy) is 1. The topological polar surface area (TPSA) is 72.6 Å². The highest BCUT2D eigenvalue weighted by Gasteiger charge is 2.27. The summed E-state index contributed by atoms with van der Waals surface area (Å²) in [7, 11) is -1.53. The van der Waals surface area contributed by atoms with Crippen molar-refractivity contribution < 1.29 is 13.2 Å². The van der Waals surface area contributed by atoms with Crippen LogP contribution in [0.25, 0.3) is 0 Å². The van der Waals surface area contributed by atoms with Crippen molar-refractivity contribution in [2.45, 2.75) is 11.0 Å². The zero-order valence-corrected chi connectivity index (χ0v) is 12.2. The molecule has 1 aromatic rings. The fourth-order valence-corrected chi connectivity index (χ4v) is 4.12. The average Bonchev–Trinajstić information content (AvgIpc) is 2.27. The van der Waals surface area contributed by atoms with Crippen LogP contribution in [0.2, 0.25) is 5.02 Å². The second-order valence-electron chi connectivity index (χ2n) is 4.73. The molecule has 19 heavy (non-hydrogen) atoms. The van der Waals surface area contributed by atoms with Crippen molar-refractivity contribution in [3.8, 4) is 0 Å². The van der Waals surface area contributed by atoms with Crippen LogP contribution in [0.4, 0.5) is 5.69 Å². The first-order valence-corrected chi connectivity index (χ1v) is 7.99. The molecular formula is C12H17ClN2O3S. The molecule has 5 nitrogen and oxygen atoms in total. The average molecular weight is 305 g/mol. The lowest BCUT2D eigenvalue weighted by molar-refractivity contribution is -0.00680. The number of hydrogen-bond acceptors (Lipinski definition) is 5. The molecule has 1 atom stereocenters. The molecule has 0 spiro atoms. The highest BCUT2D eigenvalue weighted by molar-refractivity contribution is 7.91. The molecule has 0 radical (unpaired) electrons. The molecule has 7 heteroatoms. The van der Waals surface area contributed by atoms with Gasteiger partial charge in [-0.25, -0.2) is 8.42 Å². The maximum Gasteiger partial charge on any atom is 0.182 e. The summed E-state index contributed by atoms with van der Waals surface area (Å²) in [6.07, 6.45) is -0.322. The molecule has 0 aliphatic carbocycles. The number of anilines is 1. The number of halogens is 1. The Hall–Kier alpha value is -0.820. The van der Waals surface area contributed by atoms with Crippen molar-refractivity contribution in [2.75, 3.05) is 38.2 Å². The van der Waals surface area contributed by atoms with E-state index in [-0.39, 0.29) is 21.8 Å². The molecule has 2 rings (SSSR count). The summed E-state index contributed by atoms with van der Waals surface area (Å²) < 4.78 is 30.1. The third-order valence-corrected chi connectivity index (χ3v) is 5.30. The highest BCUT2D eigenvalue weighted by Crippen LogP contribution is 2.25. The number of nitrogen functional groups attached to an aromatic ring is 1. The maximum atomic E-state index is 12.3. The first-order chi connectivity index (χ1) is 8.88. The van der Waals surface area contributed by atoms with E-state index in [9.17, 15) is 8.42 Å². The van der Waals surface area contributed by atoms with Crippen LogP contribution in [0.3, 0.4) is 0 Å². The van der Waals surface area contributed by atoms with Crippen molar-refractivity contribution in [1.29, 1.82) is 0 Å². The number of rotatable bonds is 3. The molecule has 106 valence electrons.